The van der Waals surface area contributed by atoms with Gasteiger partial charge in [0.25, 0.3) is 0 Å². The highest BCUT2D eigenvalue weighted by molar-refractivity contribution is 5.10. The summed E-state index contributed by atoms with van der Waals surface area (Å²) in [6, 6.07) is 1.97. The van der Waals surface area contributed by atoms with E-state index >= 15 is 0 Å². The molecule has 1 rings (SSSR count). The minimum Gasteiger partial charge on any atom is -0.330 e. The van der Waals surface area contributed by atoms with Crippen LogP contribution in [0.4, 0.5) is 0 Å². The van der Waals surface area contributed by atoms with Gasteiger partial charge < -0.3 is 5.73 Å². The zero-order valence-electron chi connectivity index (χ0n) is 6.91. The Labute approximate surface area is 66.7 Å². The number of aryl methyl sites for hydroxylation is 1. The SMILES string of the molecule is Cc1cc([C@H](C)CN)ncn1. The molecular formula is C8H13N3. The first-order chi connectivity index (χ1) is 5.24. The molecule has 0 unspecified atom stereocenters. The van der Waals surface area contributed by atoms with Crippen molar-refractivity contribution in [2.24, 2.45) is 5.73 Å². The average Bonchev–Trinajstić information content (AvgIpc) is 2.03. The van der Waals surface area contributed by atoms with Gasteiger partial charge in [-0.05, 0) is 13.0 Å². The van der Waals surface area contributed by atoms with E-state index in [1.54, 1.807) is 6.33 Å². The summed E-state index contributed by atoms with van der Waals surface area (Å²) in [4.78, 5) is 8.12. The molecule has 1 aromatic heterocycles. The fraction of sp³-hybridized carbons (Fsp3) is 0.500. The summed E-state index contributed by atoms with van der Waals surface area (Å²) in [5, 5.41) is 0. The lowest BCUT2D eigenvalue weighted by molar-refractivity contribution is 0.738. The summed E-state index contributed by atoms with van der Waals surface area (Å²) in [5.41, 5.74) is 7.52. The van der Waals surface area contributed by atoms with Crippen molar-refractivity contribution in [3.05, 3.63) is 23.8 Å². The molecule has 0 amide bonds. The fourth-order valence-corrected chi connectivity index (χ4v) is 0.865. The van der Waals surface area contributed by atoms with Crippen molar-refractivity contribution in [2.75, 3.05) is 6.54 Å². The number of aromatic nitrogens is 2. The quantitative estimate of drug-likeness (QED) is 0.681. The first-order valence-corrected chi connectivity index (χ1v) is 3.72. The maximum Gasteiger partial charge on any atom is 0.115 e. The van der Waals surface area contributed by atoms with Gasteiger partial charge in [0.2, 0.25) is 0 Å². The molecule has 0 radical (unpaired) electrons. The Bertz CT molecular complexity index is 235. The Morgan fingerprint density at radius 2 is 2.27 bits per heavy atom. The van der Waals surface area contributed by atoms with Crippen LogP contribution in [-0.2, 0) is 0 Å². The van der Waals surface area contributed by atoms with E-state index in [0.29, 0.717) is 12.5 Å². The number of hydrogen-bond acceptors (Lipinski definition) is 3. The third kappa shape index (κ3) is 1.98. The molecule has 1 heterocycles. The highest BCUT2D eigenvalue weighted by atomic mass is 14.8. The van der Waals surface area contributed by atoms with Crippen molar-refractivity contribution in [1.29, 1.82) is 0 Å². The maximum absolute atomic E-state index is 5.49. The maximum atomic E-state index is 5.49. The summed E-state index contributed by atoms with van der Waals surface area (Å²) in [5.74, 6) is 0.330. The van der Waals surface area contributed by atoms with Crippen LogP contribution in [0.2, 0.25) is 0 Å². The van der Waals surface area contributed by atoms with Gasteiger partial charge in [0.05, 0.1) is 0 Å². The Morgan fingerprint density at radius 3 is 2.82 bits per heavy atom. The summed E-state index contributed by atoms with van der Waals surface area (Å²) < 4.78 is 0. The lowest BCUT2D eigenvalue weighted by atomic mass is 10.1. The molecule has 60 valence electrons. The second kappa shape index (κ2) is 3.44. The molecule has 0 aliphatic carbocycles. The minimum absolute atomic E-state index is 0.330. The highest BCUT2D eigenvalue weighted by Gasteiger charge is 2.03. The van der Waals surface area contributed by atoms with Gasteiger partial charge in [-0.1, -0.05) is 6.92 Å². The van der Waals surface area contributed by atoms with Crippen molar-refractivity contribution < 1.29 is 0 Å². The summed E-state index contributed by atoms with van der Waals surface area (Å²) in [6.45, 7) is 4.65. The van der Waals surface area contributed by atoms with Crippen LogP contribution in [0.3, 0.4) is 0 Å². The standard InChI is InChI=1S/C8H13N3/c1-6(4-9)8-3-7(2)10-5-11-8/h3,5-6H,4,9H2,1-2H3/t6-/m1/s1. The van der Waals surface area contributed by atoms with Crippen LogP contribution in [0.25, 0.3) is 0 Å². The van der Waals surface area contributed by atoms with Gasteiger partial charge in [-0.2, -0.15) is 0 Å². The Morgan fingerprint density at radius 1 is 1.55 bits per heavy atom. The van der Waals surface area contributed by atoms with Gasteiger partial charge in [-0.3, -0.25) is 0 Å². The van der Waals surface area contributed by atoms with E-state index in [1.165, 1.54) is 0 Å². The first kappa shape index (κ1) is 8.14. The molecular weight excluding hydrogens is 138 g/mol. The van der Waals surface area contributed by atoms with E-state index < -0.39 is 0 Å². The highest BCUT2D eigenvalue weighted by Crippen LogP contribution is 2.09. The predicted octanol–water partition coefficient (Wildman–Crippen LogP) is 0.847. The van der Waals surface area contributed by atoms with Crippen LogP contribution in [0.15, 0.2) is 12.4 Å². The monoisotopic (exact) mass is 151 g/mol. The summed E-state index contributed by atoms with van der Waals surface area (Å²) in [6.07, 6.45) is 1.58. The lowest BCUT2D eigenvalue weighted by Gasteiger charge is -2.06. The van der Waals surface area contributed by atoms with Crippen LogP contribution in [0.1, 0.15) is 24.2 Å². The molecule has 2 N–H and O–H groups in total. The van der Waals surface area contributed by atoms with Crippen molar-refractivity contribution in [3.63, 3.8) is 0 Å². The second-order valence-corrected chi connectivity index (χ2v) is 2.72. The first-order valence-electron chi connectivity index (χ1n) is 3.72. The Hall–Kier alpha value is -0.960. The predicted molar refractivity (Wildman–Crippen MR) is 44.2 cm³/mol. The van der Waals surface area contributed by atoms with E-state index in [4.69, 9.17) is 5.73 Å². The molecule has 0 aliphatic rings. The summed E-state index contributed by atoms with van der Waals surface area (Å²) in [7, 11) is 0. The van der Waals surface area contributed by atoms with Gasteiger partial charge in [0.15, 0.2) is 0 Å². The fourth-order valence-electron chi connectivity index (χ4n) is 0.865. The number of nitrogens with two attached hydrogens (primary N) is 1. The molecule has 1 atom stereocenters. The smallest absolute Gasteiger partial charge is 0.115 e. The van der Waals surface area contributed by atoms with Crippen LogP contribution >= 0.6 is 0 Å². The third-order valence-electron chi connectivity index (χ3n) is 1.68. The topological polar surface area (TPSA) is 51.8 Å². The molecule has 0 aromatic carbocycles. The Kier molecular flexibility index (Phi) is 2.54. The van der Waals surface area contributed by atoms with Gasteiger partial charge in [-0.25, -0.2) is 9.97 Å². The van der Waals surface area contributed by atoms with E-state index in [1.807, 2.05) is 13.0 Å². The number of hydrogen-bond donors (Lipinski definition) is 1. The lowest BCUT2D eigenvalue weighted by Crippen LogP contribution is -2.10. The summed E-state index contributed by atoms with van der Waals surface area (Å²) >= 11 is 0. The zero-order chi connectivity index (χ0) is 8.27. The number of nitrogens with zero attached hydrogens (tertiary/aromatic N) is 2. The van der Waals surface area contributed by atoms with Crippen LogP contribution < -0.4 is 5.73 Å². The molecule has 11 heavy (non-hydrogen) atoms. The molecule has 1 aromatic rings. The van der Waals surface area contributed by atoms with Crippen LogP contribution in [0.5, 0.6) is 0 Å². The number of rotatable bonds is 2. The molecule has 0 bridgehead atoms. The van der Waals surface area contributed by atoms with E-state index in [0.717, 1.165) is 11.4 Å². The second-order valence-electron chi connectivity index (χ2n) is 2.72. The molecule has 0 spiro atoms. The molecule has 0 saturated heterocycles. The van der Waals surface area contributed by atoms with E-state index in [2.05, 4.69) is 16.9 Å². The van der Waals surface area contributed by atoms with Crippen molar-refractivity contribution in [2.45, 2.75) is 19.8 Å². The Balaban J connectivity index is 2.86. The molecule has 3 heteroatoms. The van der Waals surface area contributed by atoms with Gasteiger partial charge in [0.1, 0.15) is 6.33 Å². The third-order valence-corrected chi connectivity index (χ3v) is 1.68. The van der Waals surface area contributed by atoms with Crippen molar-refractivity contribution >= 4 is 0 Å². The minimum atomic E-state index is 0.330. The van der Waals surface area contributed by atoms with Gasteiger partial charge >= 0.3 is 0 Å². The van der Waals surface area contributed by atoms with Gasteiger partial charge in [0, 0.05) is 23.9 Å². The molecule has 0 saturated carbocycles. The molecule has 0 fully saturated rings. The van der Waals surface area contributed by atoms with Gasteiger partial charge in [-0.15, -0.1) is 0 Å². The van der Waals surface area contributed by atoms with Crippen molar-refractivity contribution in [3.8, 4) is 0 Å². The molecule has 0 aliphatic heterocycles. The normalized spacial score (nSPS) is 13.0. The largest absolute Gasteiger partial charge is 0.330 e. The van der Waals surface area contributed by atoms with Crippen molar-refractivity contribution in [1.82, 2.24) is 9.97 Å². The van der Waals surface area contributed by atoms with Crippen LogP contribution in [0, 0.1) is 6.92 Å². The zero-order valence-corrected chi connectivity index (χ0v) is 6.91. The average molecular weight is 151 g/mol. The van der Waals surface area contributed by atoms with Crippen LogP contribution in [-0.4, -0.2) is 16.5 Å². The molecule has 3 nitrogen and oxygen atoms in total. The van der Waals surface area contributed by atoms with E-state index in [9.17, 15) is 0 Å². The van der Waals surface area contributed by atoms with E-state index in [-0.39, 0.29) is 0 Å².